The van der Waals surface area contributed by atoms with Crippen LogP contribution in [-0.4, -0.2) is 29.9 Å². The molecule has 34 heavy (non-hydrogen) atoms. The number of nitro groups is 1. The summed E-state index contributed by atoms with van der Waals surface area (Å²) in [7, 11) is 1.43. The predicted octanol–water partition coefficient (Wildman–Crippen LogP) is 4.48. The van der Waals surface area contributed by atoms with Crippen LogP contribution in [0.1, 0.15) is 27.0 Å². The molecule has 0 saturated heterocycles. The fraction of sp³-hybridized carbons (Fsp3) is 0.0800. The minimum atomic E-state index is -0.699. The molecule has 1 aliphatic heterocycles. The molecule has 0 atom stereocenters. The van der Waals surface area contributed by atoms with Gasteiger partial charge in [0.25, 0.3) is 5.69 Å². The van der Waals surface area contributed by atoms with Crippen molar-refractivity contribution in [3.05, 3.63) is 105 Å². The number of aryl methyl sites for hydroxylation is 1. The topological polar surface area (TPSA) is 117 Å². The molecule has 0 radical (unpaired) electrons. The van der Waals surface area contributed by atoms with Crippen LogP contribution < -0.4 is 9.47 Å². The van der Waals surface area contributed by atoms with Gasteiger partial charge < -0.3 is 14.2 Å². The first-order valence-corrected chi connectivity index (χ1v) is 10.1. The number of non-ortho nitro benzene ring substituents is 1. The minimum Gasteiger partial charge on any atom is -0.493 e. The maximum Gasteiger partial charge on any atom is 0.363 e. The summed E-state index contributed by atoms with van der Waals surface area (Å²) < 4.78 is 16.0. The monoisotopic (exact) mass is 458 g/mol. The van der Waals surface area contributed by atoms with Gasteiger partial charge in [0.2, 0.25) is 5.90 Å². The fourth-order valence-corrected chi connectivity index (χ4v) is 3.15. The van der Waals surface area contributed by atoms with Crippen LogP contribution in [0.4, 0.5) is 5.69 Å². The van der Waals surface area contributed by atoms with E-state index in [4.69, 9.17) is 14.2 Å². The van der Waals surface area contributed by atoms with E-state index < -0.39 is 16.9 Å². The number of benzene rings is 3. The highest BCUT2D eigenvalue weighted by Crippen LogP contribution is 2.30. The van der Waals surface area contributed by atoms with Crippen molar-refractivity contribution in [2.24, 2.45) is 4.99 Å². The SMILES string of the molecule is COc1cc(/C=C2\N=C(c3cccc([N+](=O)[O-])c3)OC2=O)ccc1OC(=O)c1ccc(C)cc1. The number of methoxy groups -OCH3 is 1. The summed E-state index contributed by atoms with van der Waals surface area (Å²) in [4.78, 5) is 39.3. The van der Waals surface area contributed by atoms with Gasteiger partial charge in [0.05, 0.1) is 17.6 Å². The van der Waals surface area contributed by atoms with E-state index in [9.17, 15) is 19.7 Å². The maximum absolute atomic E-state index is 12.4. The lowest BCUT2D eigenvalue weighted by atomic mass is 10.1. The highest BCUT2D eigenvalue weighted by atomic mass is 16.6. The molecule has 0 spiro atoms. The molecule has 1 heterocycles. The molecule has 3 aromatic rings. The van der Waals surface area contributed by atoms with Crippen molar-refractivity contribution in [2.45, 2.75) is 6.92 Å². The molecular formula is C25H18N2O7. The fourth-order valence-electron chi connectivity index (χ4n) is 3.15. The van der Waals surface area contributed by atoms with Crippen molar-refractivity contribution >= 4 is 29.6 Å². The van der Waals surface area contributed by atoms with Gasteiger partial charge in [-0.2, -0.15) is 0 Å². The number of carbonyl (C=O) groups excluding carboxylic acids is 2. The number of carbonyl (C=O) groups is 2. The van der Waals surface area contributed by atoms with Crippen LogP contribution in [0.15, 0.2) is 77.4 Å². The Labute approximate surface area is 194 Å². The van der Waals surface area contributed by atoms with Crippen LogP contribution >= 0.6 is 0 Å². The van der Waals surface area contributed by atoms with Crippen LogP contribution in [-0.2, 0) is 9.53 Å². The average molecular weight is 458 g/mol. The maximum atomic E-state index is 12.4. The summed E-state index contributed by atoms with van der Waals surface area (Å²) in [6, 6.07) is 17.4. The Morgan fingerprint density at radius 2 is 1.82 bits per heavy atom. The molecule has 1 aliphatic rings. The molecule has 0 fully saturated rings. The zero-order valence-electron chi connectivity index (χ0n) is 18.2. The van der Waals surface area contributed by atoms with Gasteiger partial charge in [-0.3, -0.25) is 10.1 Å². The summed E-state index contributed by atoms with van der Waals surface area (Å²) >= 11 is 0. The first kappa shape index (κ1) is 22.4. The number of hydrogen-bond donors (Lipinski definition) is 0. The lowest BCUT2D eigenvalue weighted by Crippen LogP contribution is -2.09. The Bertz CT molecular complexity index is 1360. The number of aliphatic imine (C=N–C) groups is 1. The van der Waals surface area contributed by atoms with Gasteiger partial charge >= 0.3 is 11.9 Å². The zero-order chi connectivity index (χ0) is 24.2. The zero-order valence-corrected chi connectivity index (χ0v) is 18.2. The number of rotatable bonds is 6. The van der Waals surface area contributed by atoms with Gasteiger partial charge in [-0.25, -0.2) is 14.6 Å². The molecule has 0 saturated carbocycles. The summed E-state index contributed by atoms with van der Waals surface area (Å²) in [6.45, 7) is 1.92. The van der Waals surface area contributed by atoms with Crippen molar-refractivity contribution in [1.82, 2.24) is 0 Å². The molecule has 170 valence electrons. The van der Waals surface area contributed by atoms with E-state index in [-0.39, 0.29) is 28.8 Å². The first-order chi connectivity index (χ1) is 16.3. The van der Waals surface area contributed by atoms with Gasteiger partial charge in [-0.05, 0) is 48.9 Å². The second kappa shape index (κ2) is 9.37. The Morgan fingerprint density at radius 1 is 1.06 bits per heavy atom. The van der Waals surface area contributed by atoms with E-state index in [2.05, 4.69) is 4.99 Å². The van der Waals surface area contributed by atoms with Crippen molar-refractivity contribution in [3.8, 4) is 11.5 Å². The minimum absolute atomic E-state index is 0.00737. The molecule has 0 aliphatic carbocycles. The Morgan fingerprint density at radius 3 is 2.53 bits per heavy atom. The van der Waals surface area contributed by atoms with E-state index in [0.717, 1.165) is 5.56 Å². The van der Waals surface area contributed by atoms with E-state index in [0.29, 0.717) is 16.7 Å². The first-order valence-electron chi connectivity index (χ1n) is 10.1. The lowest BCUT2D eigenvalue weighted by Gasteiger charge is -2.10. The summed E-state index contributed by atoms with van der Waals surface area (Å²) in [6.07, 6.45) is 1.47. The third kappa shape index (κ3) is 4.83. The Hall–Kier alpha value is -4.79. The molecule has 0 unspecified atom stereocenters. The van der Waals surface area contributed by atoms with Crippen molar-refractivity contribution in [2.75, 3.05) is 7.11 Å². The van der Waals surface area contributed by atoms with Gasteiger partial charge in [0, 0.05) is 17.7 Å². The third-order valence-corrected chi connectivity index (χ3v) is 4.91. The number of esters is 2. The van der Waals surface area contributed by atoms with E-state index in [1.165, 1.54) is 31.4 Å². The predicted molar refractivity (Wildman–Crippen MR) is 123 cm³/mol. The third-order valence-electron chi connectivity index (χ3n) is 4.91. The average Bonchev–Trinajstić information content (AvgIpc) is 3.20. The number of ether oxygens (including phenoxy) is 3. The van der Waals surface area contributed by atoms with Crippen molar-refractivity contribution in [3.63, 3.8) is 0 Å². The molecular weight excluding hydrogens is 440 g/mol. The highest BCUT2D eigenvalue weighted by Gasteiger charge is 2.25. The van der Waals surface area contributed by atoms with Crippen LogP contribution in [0.25, 0.3) is 6.08 Å². The Balaban J connectivity index is 1.57. The van der Waals surface area contributed by atoms with E-state index in [1.54, 1.807) is 36.4 Å². The van der Waals surface area contributed by atoms with Crippen molar-refractivity contribution in [1.29, 1.82) is 0 Å². The number of hydrogen-bond acceptors (Lipinski definition) is 8. The molecule has 0 aromatic heterocycles. The lowest BCUT2D eigenvalue weighted by molar-refractivity contribution is -0.384. The molecule has 9 nitrogen and oxygen atoms in total. The van der Waals surface area contributed by atoms with Crippen molar-refractivity contribution < 1.29 is 28.7 Å². The molecule has 0 amide bonds. The normalized spacial score (nSPS) is 13.9. The summed E-state index contributed by atoms with van der Waals surface area (Å²) in [5, 5.41) is 11.0. The number of nitrogens with zero attached hydrogens (tertiary/aromatic N) is 2. The second-order valence-electron chi connectivity index (χ2n) is 7.31. The molecule has 9 heteroatoms. The molecule has 0 bridgehead atoms. The number of cyclic esters (lactones) is 1. The molecule has 4 rings (SSSR count). The number of nitro benzene ring substituents is 1. The van der Waals surface area contributed by atoms with Crippen LogP contribution in [0, 0.1) is 17.0 Å². The largest absolute Gasteiger partial charge is 0.493 e. The van der Waals surface area contributed by atoms with E-state index >= 15 is 0 Å². The summed E-state index contributed by atoms with van der Waals surface area (Å²) in [5.74, 6) is -0.769. The van der Waals surface area contributed by atoms with Gasteiger partial charge in [0.15, 0.2) is 17.2 Å². The Kier molecular flexibility index (Phi) is 6.18. The summed E-state index contributed by atoms with van der Waals surface area (Å²) in [5.41, 5.74) is 2.14. The van der Waals surface area contributed by atoms with Gasteiger partial charge in [0.1, 0.15) is 0 Å². The molecule has 3 aromatic carbocycles. The van der Waals surface area contributed by atoms with Crippen LogP contribution in [0.5, 0.6) is 11.5 Å². The highest BCUT2D eigenvalue weighted by molar-refractivity contribution is 6.13. The quantitative estimate of drug-likeness (QED) is 0.176. The standard InChI is InChI=1S/C25H18N2O7/c1-15-6-9-17(10-7-15)24(28)33-21-11-8-16(13-22(21)32-2)12-20-25(29)34-23(26-20)18-4-3-5-19(14-18)27(30)31/h3-14H,1-2H3/b20-12-. The second-order valence-corrected chi connectivity index (χ2v) is 7.31. The van der Waals surface area contributed by atoms with Gasteiger partial charge in [-0.1, -0.05) is 29.8 Å². The van der Waals surface area contributed by atoms with Crippen LogP contribution in [0.3, 0.4) is 0 Å². The van der Waals surface area contributed by atoms with Gasteiger partial charge in [-0.15, -0.1) is 0 Å². The van der Waals surface area contributed by atoms with E-state index in [1.807, 2.05) is 19.1 Å². The van der Waals surface area contributed by atoms with Crippen LogP contribution in [0.2, 0.25) is 0 Å². The smallest absolute Gasteiger partial charge is 0.363 e. The molecule has 0 N–H and O–H groups in total.